The number of anilines is 1. The molecule has 21 heavy (non-hydrogen) atoms. The molecule has 4 rings (SSSR count). The Bertz CT molecular complexity index is 792. The predicted molar refractivity (Wildman–Crippen MR) is 86.4 cm³/mol. The Labute approximate surface area is 131 Å². The molecule has 1 aliphatic carbocycles. The van der Waals surface area contributed by atoms with Gasteiger partial charge in [-0.05, 0) is 58.5 Å². The highest BCUT2D eigenvalue weighted by molar-refractivity contribution is 9.10. The van der Waals surface area contributed by atoms with Crippen LogP contribution in [0.15, 0.2) is 47.5 Å². The molecule has 0 radical (unpaired) electrons. The van der Waals surface area contributed by atoms with E-state index in [0.717, 1.165) is 27.5 Å². The summed E-state index contributed by atoms with van der Waals surface area (Å²) in [7, 11) is 0. The van der Waals surface area contributed by atoms with Crippen molar-refractivity contribution in [2.75, 3.05) is 5.32 Å². The number of fused-ring (bicyclic) bond motifs is 1. The summed E-state index contributed by atoms with van der Waals surface area (Å²) in [6.07, 6.45) is 8.74. The van der Waals surface area contributed by atoms with Gasteiger partial charge >= 0.3 is 0 Å². The molecule has 4 nitrogen and oxygen atoms in total. The number of imidazole rings is 1. The van der Waals surface area contributed by atoms with E-state index < -0.39 is 0 Å². The second-order valence-electron chi connectivity index (χ2n) is 5.46. The summed E-state index contributed by atoms with van der Waals surface area (Å²) in [5, 5.41) is 3.37. The van der Waals surface area contributed by atoms with Crippen molar-refractivity contribution in [1.29, 1.82) is 0 Å². The van der Waals surface area contributed by atoms with Crippen LogP contribution in [0.3, 0.4) is 0 Å². The minimum Gasteiger partial charge on any atom is -0.379 e. The van der Waals surface area contributed by atoms with Crippen molar-refractivity contribution in [3.05, 3.63) is 58.7 Å². The molecule has 5 heteroatoms. The Morgan fingerprint density at radius 3 is 2.95 bits per heavy atom. The van der Waals surface area contributed by atoms with E-state index in [2.05, 4.69) is 60.1 Å². The van der Waals surface area contributed by atoms with Gasteiger partial charge in [0.25, 0.3) is 0 Å². The molecule has 1 aliphatic rings. The molecule has 0 bridgehead atoms. The second-order valence-corrected chi connectivity index (χ2v) is 6.27. The molecular formula is C16H15BrN4. The summed E-state index contributed by atoms with van der Waals surface area (Å²) < 4.78 is 2.96. The van der Waals surface area contributed by atoms with Crippen LogP contribution in [0, 0.1) is 0 Å². The lowest BCUT2D eigenvalue weighted by Crippen LogP contribution is -1.99. The highest BCUT2D eigenvalue weighted by Gasteiger charge is 2.23. The van der Waals surface area contributed by atoms with Crippen molar-refractivity contribution in [3.63, 3.8) is 0 Å². The number of aromatic nitrogens is 3. The largest absolute Gasteiger partial charge is 0.379 e. The van der Waals surface area contributed by atoms with Crippen LogP contribution in [0.5, 0.6) is 0 Å². The molecule has 1 fully saturated rings. The summed E-state index contributed by atoms with van der Waals surface area (Å²) in [5.74, 6) is 0.771. The van der Waals surface area contributed by atoms with Gasteiger partial charge in [-0.1, -0.05) is 6.07 Å². The Hall–Kier alpha value is -1.88. The number of hydrogen-bond acceptors (Lipinski definition) is 3. The zero-order valence-corrected chi connectivity index (χ0v) is 13.0. The van der Waals surface area contributed by atoms with Crippen LogP contribution >= 0.6 is 15.9 Å². The first kappa shape index (κ1) is 12.8. The van der Waals surface area contributed by atoms with Crippen LogP contribution in [0.4, 0.5) is 5.69 Å². The molecule has 1 N–H and O–H groups in total. The summed E-state index contributed by atoms with van der Waals surface area (Å²) in [5.41, 5.74) is 4.51. The molecule has 3 aromatic rings. The average molecular weight is 343 g/mol. The fourth-order valence-corrected chi connectivity index (χ4v) is 2.87. The minimum absolute atomic E-state index is 0.705. The third kappa shape index (κ3) is 2.78. The summed E-state index contributed by atoms with van der Waals surface area (Å²) in [6.45, 7) is 0.705. The number of rotatable bonds is 4. The van der Waals surface area contributed by atoms with E-state index >= 15 is 0 Å². The molecule has 0 spiro atoms. The lowest BCUT2D eigenvalue weighted by Gasteiger charge is -2.03. The first-order valence-corrected chi connectivity index (χ1v) is 7.90. The van der Waals surface area contributed by atoms with Crippen molar-refractivity contribution < 1.29 is 0 Å². The molecule has 0 saturated heterocycles. The zero-order chi connectivity index (χ0) is 14.2. The number of hydrogen-bond donors (Lipinski definition) is 1. The van der Waals surface area contributed by atoms with Gasteiger partial charge in [0.2, 0.25) is 0 Å². The quantitative estimate of drug-likeness (QED) is 0.729. The van der Waals surface area contributed by atoms with E-state index in [-0.39, 0.29) is 0 Å². The van der Waals surface area contributed by atoms with E-state index in [1.54, 1.807) is 6.20 Å². The van der Waals surface area contributed by atoms with Gasteiger partial charge in [-0.2, -0.15) is 0 Å². The summed E-state index contributed by atoms with van der Waals surface area (Å²) >= 11 is 3.37. The Kier molecular flexibility index (Phi) is 3.15. The monoisotopic (exact) mass is 342 g/mol. The molecule has 0 amide bonds. The van der Waals surface area contributed by atoms with Gasteiger partial charge in [0.15, 0.2) is 0 Å². The van der Waals surface area contributed by atoms with Crippen LogP contribution < -0.4 is 5.32 Å². The van der Waals surface area contributed by atoms with Crippen molar-refractivity contribution >= 4 is 27.3 Å². The van der Waals surface area contributed by atoms with Gasteiger partial charge in [-0.15, -0.1) is 0 Å². The lowest BCUT2D eigenvalue weighted by molar-refractivity contribution is 1.05. The number of halogens is 1. The van der Waals surface area contributed by atoms with Crippen molar-refractivity contribution in [2.24, 2.45) is 0 Å². The van der Waals surface area contributed by atoms with Crippen LogP contribution in [0.2, 0.25) is 0 Å². The van der Waals surface area contributed by atoms with Gasteiger partial charge < -0.3 is 9.72 Å². The molecule has 3 aromatic heterocycles. The smallest absolute Gasteiger partial charge is 0.137 e. The molecule has 0 aliphatic heterocycles. The van der Waals surface area contributed by atoms with E-state index in [4.69, 9.17) is 0 Å². The maximum Gasteiger partial charge on any atom is 0.137 e. The number of nitrogens with one attached hydrogen (secondary N) is 1. The van der Waals surface area contributed by atoms with Crippen LogP contribution in [-0.4, -0.2) is 14.4 Å². The topological polar surface area (TPSA) is 42.2 Å². The van der Waals surface area contributed by atoms with Crippen LogP contribution in [0.25, 0.3) is 5.65 Å². The predicted octanol–water partition coefficient (Wildman–Crippen LogP) is 3.98. The zero-order valence-electron chi connectivity index (χ0n) is 11.5. The number of nitrogens with zero attached hydrogens (tertiary/aromatic N) is 3. The molecular weight excluding hydrogens is 328 g/mol. The van der Waals surface area contributed by atoms with Crippen molar-refractivity contribution in [3.8, 4) is 0 Å². The standard InChI is InChI=1S/C16H15BrN4/c17-15-7-13(5-6-18-15)19-8-14-10-21-9-12(11-1-2-11)3-4-16(21)20-14/h3-7,9-11H,1-2,8H2,(H,18,19). The molecule has 106 valence electrons. The third-order valence-corrected chi connectivity index (χ3v) is 4.21. The van der Waals surface area contributed by atoms with Crippen LogP contribution in [0.1, 0.15) is 30.0 Å². The van der Waals surface area contributed by atoms with Gasteiger partial charge in [-0.25, -0.2) is 9.97 Å². The van der Waals surface area contributed by atoms with Crippen molar-refractivity contribution in [2.45, 2.75) is 25.3 Å². The van der Waals surface area contributed by atoms with E-state index in [0.29, 0.717) is 6.54 Å². The molecule has 0 aromatic carbocycles. The van der Waals surface area contributed by atoms with Gasteiger partial charge in [0, 0.05) is 24.3 Å². The Morgan fingerprint density at radius 1 is 1.24 bits per heavy atom. The SMILES string of the molecule is Brc1cc(NCc2cn3cc(C4CC4)ccc3n2)ccn1. The van der Waals surface area contributed by atoms with E-state index in [9.17, 15) is 0 Å². The number of pyridine rings is 2. The van der Waals surface area contributed by atoms with E-state index in [1.165, 1.54) is 18.4 Å². The van der Waals surface area contributed by atoms with E-state index in [1.807, 2.05) is 12.1 Å². The average Bonchev–Trinajstić information content (AvgIpc) is 3.25. The highest BCUT2D eigenvalue weighted by Crippen LogP contribution is 2.39. The van der Waals surface area contributed by atoms with Gasteiger partial charge in [-0.3, -0.25) is 0 Å². The minimum atomic E-state index is 0.705. The van der Waals surface area contributed by atoms with Gasteiger partial charge in [0.05, 0.1) is 12.2 Å². The van der Waals surface area contributed by atoms with Crippen LogP contribution in [-0.2, 0) is 6.54 Å². The first-order chi connectivity index (χ1) is 10.3. The Morgan fingerprint density at radius 2 is 2.14 bits per heavy atom. The molecule has 0 atom stereocenters. The first-order valence-electron chi connectivity index (χ1n) is 7.11. The maximum atomic E-state index is 4.64. The fraction of sp³-hybridized carbons (Fsp3) is 0.250. The molecule has 3 heterocycles. The Balaban J connectivity index is 1.53. The maximum absolute atomic E-state index is 4.64. The third-order valence-electron chi connectivity index (χ3n) is 3.77. The molecule has 0 unspecified atom stereocenters. The summed E-state index contributed by atoms with van der Waals surface area (Å²) in [4.78, 5) is 8.76. The normalized spacial score (nSPS) is 14.5. The molecule has 1 saturated carbocycles. The fourth-order valence-electron chi connectivity index (χ4n) is 2.51. The summed E-state index contributed by atoms with van der Waals surface area (Å²) in [6, 6.07) is 8.23. The lowest BCUT2D eigenvalue weighted by atomic mass is 10.2. The highest BCUT2D eigenvalue weighted by atomic mass is 79.9. The van der Waals surface area contributed by atoms with Gasteiger partial charge in [0.1, 0.15) is 10.3 Å². The van der Waals surface area contributed by atoms with Crippen molar-refractivity contribution in [1.82, 2.24) is 14.4 Å². The second kappa shape index (κ2) is 5.15.